The van der Waals surface area contributed by atoms with Crippen LogP contribution in [-0.2, 0) is 11.2 Å². The summed E-state index contributed by atoms with van der Waals surface area (Å²) < 4.78 is 0. The molecular formula is C16H23N3O. The van der Waals surface area contributed by atoms with Gasteiger partial charge in [0.15, 0.2) is 0 Å². The van der Waals surface area contributed by atoms with E-state index in [1.54, 1.807) is 0 Å². The Morgan fingerprint density at radius 1 is 1.40 bits per heavy atom. The second-order valence-corrected chi connectivity index (χ2v) is 5.90. The second kappa shape index (κ2) is 5.67. The maximum Gasteiger partial charge on any atom is 0.237 e. The molecule has 0 radical (unpaired) electrons. The highest BCUT2D eigenvalue weighted by molar-refractivity contribution is 5.86. The van der Waals surface area contributed by atoms with Gasteiger partial charge < -0.3 is 16.0 Å². The van der Waals surface area contributed by atoms with E-state index >= 15 is 0 Å². The van der Waals surface area contributed by atoms with Crippen molar-refractivity contribution in [3.05, 3.63) is 36.0 Å². The first-order chi connectivity index (χ1) is 9.43. The molecule has 0 fully saturated rings. The Balaban J connectivity index is 2.08. The first-order valence-corrected chi connectivity index (χ1v) is 7.05. The van der Waals surface area contributed by atoms with Crippen molar-refractivity contribution in [1.82, 2.24) is 10.3 Å². The van der Waals surface area contributed by atoms with Crippen molar-refractivity contribution in [3.63, 3.8) is 0 Å². The lowest BCUT2D eigenvalue weighted by Gasteiger charge is -2.26. The van der Waals surface area contributed by atoms with Gasteiger partial charge in [0.1, 0.15) is 0 Å². The summed E-state index contributed by atoms with van der Waals surface area (Å²) in [4.78, 5) is 15.3. The van der Waals surface area contributed by atoms with E-state index in [1.165, 1.54) is 0 Å². The van der Waals surface area contributed by atoms with E-state index in [-0.39, 0.29) is 11.4 Å². The summed E-state index contributed by atoms with van der Waals surface area (Å²) in [5, 5.41) is 4.12. The van der Waals surface area contributed by atoms with Crippen LogP contribution in [0.25, 0.3) is 10.9 Å². The van der Waals surface area contributed by atoms with Gasteiger partial charge in [-0.25, -0.2) is 0 Å². The normalized spacial score (nSPS) is 13.4. The Kier molecular flexibility index (Phi) is 4.14. The number of carbonyl (C=O) groups is 1. The number of amides is 1. The Bertz CT molecular complexity index is 601. The summed E-state index contributed by atoms with van der Waals surface area (Å²) in [6.07, 6.45) is 3.34. The minimum absolute atomic E-state index is 0.0952. The number of hydrogen-bond donors (Lipinski definition) is 3. The fourth-order valence-corrected chi connectivity index (χ4v) is 2.14. The topological polar surface area (TPSA) is 70.9 Å². The number of aromatic amines is 1. The van der Waals surface area contributed by atoms with Gasteiger partial charge in [0.2, 0.25) is 5.91 Å². The molecule has 4 nitrogen and oxygen atoms in total. The zero-order chi connectivity index (χ0) is 14.8. The molecule has 0 bridgehead atoms. The number of hydrogen-bond acceptors (Lipinski definition) is 2. The maximum absolute atomic E-state index is 12.1. The highest BCUT2D eigenvalue weighted by Crippen LogP contribution is 2.19. The molecule has 1 amide bonds. The molecule has 0 spiro atoms. The molecule has 0 aliphatic rings. The van der Waals surface area contributed by atoms with Crippen LogP contribution in [0.1, 0.15) is 32.8 Å². The lowest BCUT2D eigenvalue weighted by Crippen LogP contribution is -2.50. The molecule has 1 aromatic heterocycles. The lowest BCUT2D eigenvalue weighted by atomic mass is 10.00. The summed E-state index contributed by atoms with van der Waals surface area (Å²) in [5.74, 6) is -0.0952. The zero-order valence-electron chi connectivity index (χ0n) is 12.4. The van der Waals surface area contributed by atoms with Crippen LogP contribution in [0.3, 0.4) is 0 Å². The van der Waals surface area contributed by atoms with Crippen molar-refractivity contribution in [2.45, 2.75) is 45.2 Å². The van der Waals surface area contributed by atoms with Crippen molar-refractivity contribution < 1.29 is 4.79 Å². The zero-order valence-corrected chi connectivity index (χ0v) is 12.4. The molecule has 4 N–H and O–H groups in total. The second-order valence-electron chi connectivity index (χ2n) is 5.90. The van der Waals surface area contributed by atoms with Gasteiger partial charge in [0.05, 0.1) is 6.04 Å². The summed E-state index contributed by atoms with van der Waals surface area (Å²) in [6, 6.07) is 7.51. The largest absolute Gasteiger partial charge is 0.361 e. The van der Waals surface area contributed by atoms with Gasteiger partial charge in [-0.15, -0.1) is 0 Å². The SMILES string of the molecule is CCC(C)(C)NC(=O)C(N)Cc1c[nH]c2ccccc12. The molecule has 0 aliphatic carbocycles. The van der Waals surface area contributed by atoms with E-state index < -0.39 is 6.04 Å². The Labute approximate surface area is 119 Å². The van der Waals surface area contributed by atoms with Gasteiger partial charge in [-0.05, 0) is 38.3 Å². The van der Waals surface area contributed by atoms with Gasteiger partial charge in [-0.1, -0.05) is 25.1 Å². The summed E-state index contributed by atoms with van der Waals surface area (Å²) >= 11 is 0. The predicted octanol–water partition coefficient (Wildman–Crippen LogP) is 2.34. The van der Waals surface area contributed by atoms with Crippen molar-refractivity contribution in [2.24, 2.45) is 5.73 Å². The van der Waals surface area contributed by atoms with Gasteiger partial charge in [-0.3, -0.25) is 4.79 Å². The fourth-order valence-electron chi connectivity index (χ4n) is 2.14. The van der Waals surface area contributed by atoms with E-state index in [0.29, 0.717) is 6.42 Å². The molecule has 2 aromatic rings. The first kappa shape index (κ1) is 14.6. The van der Waals surface area contributed by atoms with E-state index in [2.05, 4.69) is 10.3 Å². The molecule has 1 heterocycles. The number of aromatic nitrogens is 1. The number of benzene rings is 1. The van der Waals surface area contributed by atoms with Crippen LogP contribution in [0.15, 0.2) is 30.5 Å². The lowest BCUT2D eigenvalue weighted by molar-refractivity contribution is -0.123. The standard InChI is InChI=1S/C16H23N3O/c1-4-16(2,3)19-15(20)13(17)9-11-10-18-14-8-6-5-7-12(11)14/h5-8,10,13,18H,4,9,17H2,1-3H3,(H,19,20). The van der Waals surface area contributed by atoms with Crippen LogP contribution in [-0.4, -0.2) is 22.5 Å². The molecule has 1 unspecified atom stereocenters. The highest BCUT2D eigenvalue weighted by atomic mass is 16.2. The number of carbonyl (C=O) groups excluding carboxylic acids is 1. The molecule has 4 heteroatoms. The number of para-hydroxylation sites is 1. The van der Waals surface area contributed by atoms with Crippen LogP contribution in [0.5, 0.6) is 0 Å². The van der Waals surface area contributed by atoms with Crippen molar-refractivity contribution >= 4 is 16.8 Å². The number of nitrogens with two attached hydrogens (primary N) is 1. The Morgan fingerprint density at radius 2 is 2.10 bits per heavy atom. The molecule has 2 rings (SSSR count). The third kappa shape index (κ3) is 3.20. The van der Waals surface area contributed by atoms with Crippen LogP contribution >= 0.6 is 0 Å². The molecule has 0 saturated carbocycles. The summed E-state index contributed by atoms with van der Waals surface area (Å²) in [5.41, 5.74) is 7.98. The average Bonchev–Trinajstić information content (AvgIpc) is 2.82. The summed E-state index contributed by atoms with van der Waals surface area (Å²) in [7, 11) is 0. The van der Waals surface area contributed by atoms with Crippen LogP contribution < -0.4 is 11.1 Å². The molecular weight excluding hydrogens is 250 g/mol. The number of nitrogens with one attached hydrogen (secondary N) is 2. The first-order valence-electron chi connectivity index (χ1n) is 7.05. The highest BCUT2D eigenvalue weighted by Gasteiger charge is 2.22. The van der Waals surface area contributed by atoms with Crippen molar-refractivity contribution in [1.29, 1.82) is 0 Å². The number of fused-ring (bicyclic) bond motifs is 1. The van der Waals surface area contributed by atoms with Crippen LogP contribution in [0.2, 0.25) is 0 Å². The van der Waals surface area contributed by atoms with Crippen molar-refractivity contribution in [2.75, 3.05) is 0 Å². The predicted molar refractivity (Wildman–Crippen MR) is 82.5 cm³/mol. The molecule has 0 saturated heterocycles. The average molecular weight is 273 g/mol. The maximum atomic E-state index is 12.1. The monoisotopic (exact) mass is 273 g/mol. The Hall–Kier alpha value is -1.81. The summed E-state index contributed by atoms with van der Waals surface area (Å²) in [6.45, 7) is 6.05. The van der Waals surface area contributed by atoms with Gasteiger partial charge in [0.25, 0.3) is 0 Å². The number of H-pyrrole nitrogens is 1. The minimum atomic E-state index is -0.528. The third-order valence-electron chi connectivity index (χ3n) is 3.80. The Morgan fingerprint density at radius 3 is 2.80 bits per heavy atom. The van der Waals surface area contributed by atoms with E-state index in [9.17, 15) is 4.79 Å². The van der Waals surface area contributed by atoms with Crippen LogP contribution in [0, 0.1) is 0 Å². The number of rotatable bonds is 5. The van der Waals surface area contributed by atoms with E-state index in [0.717, 1.165) is 22.9 Å². The molecule has 0 aliphatic heterocycles. The van der Waals surface area contributed by atoms with E-state index in [1.807, 2.05) is 51.2 Å². The van der Waals surface area contributed by atoms with Gasteiger partial charge in [0, 0.05) is 22.6 Å². The molecule has 1 aromatic carbocycles. The minimum Gasteiger partial charge on any atom is -0.361 e. The van der Waals surface area contributed by atoms with Gasteiger partial charge >= 0.3 is 0 Å². The molecule has 108 valence electrons. The van der Waals surface area contributed by atoms with Crippen molar-refractivity contribution in [3.8, 4) is 0 Å². The smallest absolute Gasteiger partial charge is 0.237 e. The quantitative estimate of drug-likeness (QED) is 0.782. The van der Waals surface area contributed by atoms with E-state index in [4.69, 9.17) is 5.73 Å². The fraction of sp³-hybridized carbons (Fsp3) is 0.438. The third-order valence-corrected chi connectivity index (χ3v) is 3.80. The van der Waals surface area contributed by atoms with Gasteiger partial charge in [-0.2, -0.15) is 0 Å². The molecule has 1 atom stereocenters. The van der Waals surface area contributed by atoms with Crippen LogP contribution in [0.4, 0.5) is 0 Å². The molecule has 20 heavy (non-hydrogen) atoms.